The van der Waals surface area contributed by atoms with E-state index in [-0.39, 0.29) is 0 Å². The van der Waals surface area contributed by atoms with Gasteiger partial charge in [-0.05, 0) is 60.0 Å². The summed E-state index contributed by atoms with van der Waals surface area (Å²) in [6, 6.07) is 22.9. The van der Waals surface area contributed by atoms with Gasteiger partial charge in [0, 0.05) is 37.6 Å². The number of hydrogen-bond donors (Lipinski definition) is 2. The van der Waals surface area contributed by atoms with Crippen LogP contribution in [0.1, 0.15) is 5.56 Å². The molecule has 4 aromatic rings. The van der Waals surface area contributed by atoms with Gasteiger partial charge in [-0.2, -0.15) is 0 Å². The number of fused-ring (bicyclic) bond motifs is 1. The molecule has 1 saturated heterocycles. The predicted octanol–water partition coefficient (Wildman–Crippen LogP) is 4.15. The van der Waals surface area contributed by atoms with Gasteiger partial charge in [-0.1, -0.05) is 30.3 Å². The first kappa shape index (κ1) is 18.5. The van der Waals surface area contributed by atoms with Crippen molar-refractivity contribution in [1.82, 2.24) is 20.5 Å². The topological polar surface area (TPSA) is 66.0 Å². The summed E-state index contributed by atoms with van der Waals surface area (Å²) in [7, 11) is 0. The molecule has 1 aliphatic rings. The van der Waals surface area contributed by atoms with Crippen molar-refractivity contribution >= 4 is 28.4 Å². The summed E-state index contributed by atoms with van der Waals surface area (Å²) in [6.45, 7) is 6.25. The first-order valence-corrected chi connectivity index (χ1v) is 10.3. The Morgan fingerprint density at radius 1 is 0.867 bits per heavy atom. The number of nitrogens with zero attached hydrogens (tertiary/aromatic N) is 4. The van der Waals surface area contributed by atoms with Crippen molar-refractivity contribution in [2.24, 2.45) is 0 Å². The first-order chi connectivity index (χ1) is 14.8. The fourth-order valence-electron chi connectivity index (χ4n) is 3.86. The summed E-state index contributed by atoms with van der Waals surface area (Å²) in [5, 5.41) is 15.2. The van der Waals surface area contributed by atoms with Gasteiger partial charge >= 0.3 is 0 Å². The third-order valence-corrected chi connectivity index (χ3v) is 5.52. The molecule has 0 radical (unpaired) electrons. The van der Waals surface area contributed by atoms with E-state index in [1.165, 1.54) is 16.8 Å². The highest BCUT2D eigenvalue weighted by molar-refractivity contribution is 5.82. The summed E-state index contributed by atoms with van der Waals surface area (Å²) < 4.78 is 0. The number of piperazine rings is 1. The number of benzene rings is 3. The lowest BCUT2D eigenvalue weighted by Crippen LogP contribution is -2.43. The molecule has 0 atom stereocenters. The van der Waals surface area contributed by atoms with Crippen LogP contribution in [0.3, 0.4) is 0 Å². The molecule has 0 spiro atoms. The predicted molar refractivity (Wildman–Crippen MR) is 122 cm³/mol. The fraction of sp³-hybridized carbons (Fsp3) is 0.208. The Morgan fingerprint density at radius 2 is 1.67 bits per heavy atom. The summed E-state index contributed by atoms with van der Waals surface area (Å²) >= 11 is 0. The highest BCUT2D eigenvalue weighted by atomic mass is 15.2. The number of hydrogen-bond acceptors (Lipinski definition) is 6. The Morgan fingerprint density at radius 3 is 2.47 bits per heavy atom. The number of aryl methyl sites for hydroxylation is 1. The van der Waals surface area contributed by atoms with Crippen LogP contribution in [0.25, 0.3) is 22.2 Å². The Balaban J connectivity index is 1.38. The Labute approximate surface area is 176 Å². The molecule has 1 fully saturated rings. The lowest BCUT2D eigenvalue weighted by atomic mass is 10.0. The van der Waals surface area contributed by atoms with E-state index in [1.807, 2.05) is 6.07 Å². The molecule has 6 heteroatoms. The van der Waals surface area contributed by atoms with Crippen molar-refractivity contribution in [3.8, 4) is 11.1 Å². The smallest absolute Gasteiger partial charge is 0.247 e. The standard InChI is InChI=1S/C24H24N6/c1-17-4-2-3-5-21(17)18-6-11-22-23(16-18)27-24(29-28-22)26-19-7-9-20(10-8-19)30-14-12-25-13-15-30/h2-11,16,25H,12-15H2,1H3,(H,26,27,29). The van der Waals surface area contributed by atoms with Crippen LogP contribution in [0.2, 0.25) is 0 Å². The van der Waals surface area contributed by atoms with Crippen LogP contribution in [0.4, 0.5) is 17.3 Å². The SMILES string of the molecule is Cc1ccccc1-c1ccc2nnc(Nc3ccc(N4CCNCC4)cc3)nc2c1. The quantitative estimate of drug-likeness (QED) is 0.540. The van der Waals surface area contributed by atoms with E-state index in [0.29, 0.717) is 5.95 Å². The minimum Gasteiger partial charge on any atom is -0.369 e. The van der Waals surface area contributed by atoms with Gasteiger partial charge in [-0.3, -0.25) is 0 Å². The van der Waals surface area contributed by atoms with Crippen molar-refractivity contribution in [2.75, 3.05) is 36.4 Å². The Bertz CT molecular complexity index is 1170. The van der Waals surface area contributed by atoms with Crippen LogP contribution in [0.5, 0.6) is 0 Å². The summed E-state index contributed by atoms with van der Waals surface area (Å²) in [6.07, 6.45) is 0. The molecule has 150 valence electrons. The van der Waals surface area contributed by atoms with Gasteiger partial charge in [0.25, 0.3) is 0 Å². The normalized spacial score (nSPS) is 14.1. The zero-order valence-electron chi connectivity index (χ0n) is 17.0. The highest BCUT2D eigenvalue weighted by Crippen LogP contribution is 2.26. The fourth-order valence-corrected chi connectivity index (χ4v) is 3.86. The monoisotopic (exact) mass is 396 g/mol. The molecule has 0 amide bonds. The van der Waals surface area contributed by atoms with Crippen molar-refractivity contribution in [3.63, 3.8) is 0 Å². The van der Waals surface area contributed by atoms with E-state index in [4.69, 9.17) is 4.98 Å². The lowest BCUT2D eigenvalue weighted by Gasteiger charge is -2.29. The average molecular weight is 396 g/mol. The van der Waals surface area contributed by atoms with Crippen LogP contribution in [0.15, 0.2) is 66.7 Å². The molecule has 6 nitrogen and oxygen atoms in total. The molecule has 0 saturated carbocycles. The zero-order valence-corrected chi connectivity index (χ0v) is 17.0. The molecule has 2 heterocycles. The van der Waals surface area contributed by atoms with Crippen molar-refractivity contribution in [1.29, 1.82) is 0 Å². The molecule has 1 aromatic heterocycles. The van der Waals surface area contributed by atoms with E-state index in [0.717, 1.165) is 48.5 Å². The number of aromatic nitrogens is 3. The molecular formula is C24H24N6. The zero-order chi connectivity index (χ0) is 20.3. The summed E-state index contributed by atoms with van der Waals surface area (Å²) in [5.74, 6) is 0.499. The van der Waals surface area contributed by atoms with E-state index in [2.05, 4.69) is 93.3 Å². The molecule has 1 aliphatic heterocycles. The van der Waals surface area contributed by atoms with Gasteiger partial charge in [0.05, 0.1) is 5.52 Å². The first-order valence-electron chi connectivity index (χ1n) is 10.3. The molecule has 0 unspecified atom stereocenters. The third kappa shape index (κ3) is 3.82. The van der Waals surface area contributed by atoms with Crippen LogP contribution >= 0.6 is 0 Å². The second-order valence-corrected chi connectivity index (χ2v) is 7.56. The Kier molecular flexibility index (Phi) is 4.99. The van der Waals surface area contributed by atoms with Crippen LogP contribution in [-0.2, 0) is 0 Å². The van der Waals surface area contributed by atoms with Crippen molar-refractivity contribution in [2.45, 2.75) is 6.92 Å². The second-order valence-electron chi connectivity index (χ2n) is 7.56. The maximum Gasteiger partial charge on any atom is 0.247 e. The minimum atomic E-state index is 0.499. The van der Waals surface area contributed by atoms with Crippen LogP contribution in [-0.4, -0.2) is 41.4 Å². The van der Waals surface area contributed by atoms with E-state index in [1.54, 1.807) is 0 Å². The van der Waals surface area contributed by atoms with E-state index in [9.17, 15) is 0 Å². The van der Waals surface area contributed by atoms with E-state index < -0.39 is 0 Å². The molecule has 2 N–H and O–H groups in total. The highest BCUT2D eigenvalue weighted by Gasteiger charge is 2.10. The summed E-state index contributed by atoms with van der Waals surface area (Å²) in [5.41, 5.74) is 7.37. The molecular weight excluding hydrogens is 372 g/mol. The molecule has 0 aliphatic carbocycles. The van der Waals surface area contributed by atoms with Crippen LogP contribution < -0.4 is 15.5 Å². The van der Waals surface area contributed by atoms with Gasteiger partial charge in [-0.15, -0.1) is 10.2 Å². The largest absolute Gasteiger partial charge is 0.369 e. The average Bonchev–Trinajstić information content (AvgIpc) is 2.80. The Hall–Kier alpha value is -3.51. The van der Waals surface area contributed by atoms with Gasteiger partial charge < -0.3 is 15.5 Å². The maximum absolute atomic E-state index is 4.70. The maximum atomic E-state index is 4.70. The second kappa shape index (κ2) is 8.08. The number of anilines is 3. The van der Waals surface area contributed by atoms with Crippen molar-refractivity contribution in [3.05, 3.63) is 72.3 Å². The third-order valence-electron chi connectivity index (χ3n) is 5.52. The van der Waals surface area contributed by atoms with Gasteiger partial charge in [0.2, 0.25) is 5.95 Å². The van der Waals surface area contributed by atoms with Gasteiger partial charge in [0.15, 0.2) is 0 Å². The molecule has 0 bridgehead atoms. The molecule has 30 heavy (non-hydrogen) atoms. The van der Waals surface area contributed by atoms with Gasteiger partial charge in [-0.25, -0.2) is 4.98 Å². The number of nitrogens with one attached hydrogen (secondary N) is 2. The molecule has 5 rings (SSSR count). The minimum absolute atomic E-state index is 0.499. The van der Waals surface area contributed by atoms with Crippen molar-refractivity contribution < 1.29 is 0 Å². The number of rotatable bonds is 4. The lowest BCUT2D eigenvalue weighted by molar-refractivity contribution is 0.589. The van der Waals surface area contributed by atoms with Crippen LogP contribution in [0, 0.1) is 6.92 Å². The summed E-state index contributed by atoms with van der Waals surface area (Å²) in [4.78, 5) is 7.09. The molecule has 3 aromatic carbocycles. The van der Waals surface area contributed by atoms with E-state index >= 15 is 0 Å². The van der Waals surface area contributed by atoms with Gasteiger partial charge in [0.1, 0.15) is 5.52 Å².